The van der Waals surface area contributed by atoms with Gasteiger partial charge in [-0.3, -0.25) is 0 Å². The second-order valence-corrected chi connectivity index (χ2v) is 2.53. The molecule has 0 radical (unpaired) electrons. The van der Waals surface area contributed by atoms with Gasteiger partial charge in [0.05, 0.1) is 12.1 Å². The van der Waals surface area contributed by atoms with Crippen LogP contribution in [0.3, 0.4) is 0 Å². The maximum absolute atomic E-state index is 8.36. The van der Waals surface area contributed by atoms with Gasteiger partial charge in [-0.15, -0.1) is 0 Å². The fraction of sp³-hybridized carbons (Fsp3) is 0.200. The molecule has 0 aromatic carbocycles. The minimum Gasteiger partial charge on any atom is -0.193 e. The Labute approximate surface area is 71.7 Å². The monoisotopic (exact) mass is 156 g/mol. The standard InChI is InChI=1S/C10H8N2/c11-7-5-9-1-2-10(4-3-9)6-8-12/h1-2,5-6H,3-4H2/b9-5-,10-6-. The summed E-state index contributed by atoms with van der Waals surface area (Å²) in [5, 5.41) is 16.7. The third kappa shape index (κ3) is 2.11. The maximum atomic E-state index is 8.36. The lowest BCUT2D eigenvalue weighted by molar-refractivity contribution is 0.948. The summed E-state index contributed by atoms with van der Waals surface area (Å²) in [5.74, 6) is 0. The summed E-state index contributed by atoms with van der Waals surface area (Å²) in [4.78, 5) is 0. The van der Waals surface area contributed by atoms with E-state index in [4.69, 9.17) is 10.5 Å². The Morgan fingerprint density at radius 1 is 1.00 bits per heavy atom. The van der Waals surface area contributed by atoms with E-state index >= 15 is 0 Å². The third-order valence-electron chi connectivity index (χ3n) is 1.71. The molecule has 0 amide bonds. The molecule has 1 rings (SSSR count). The van der Waals surface area contributed by atoms with Crippen LogP contribution in [-0.4, -0.2) is 0 Å². The molecule has 2 heteroatoms. The van der Waals surface area contributed by atoms with E-state index in [1.165, 1.54) is 0 Å². The van der Waals surface area contributed by atoms with Crippen molar-refractivity contribution in [3.8, 4) is 12.1 Å². The maximum Gasteiger partial charge on any atom is 0.0914 e. The Morgan fingerprint density at radius 2 is 1.42 bits per heavy atom. The molecule has 0 saturated carbocycles. The van der Waals surface area contributed by atoms with Gasteiger partial charge in [0, 0.05) is 12.2 Å². The van der Waals surface area contributed by atoms with E-state index < -0.39 is 0 Å². The fourth-order valence-corrected chi connectivity index (χ4v) is 1.08. The molecule has 58 valence electrons. The summed E-state index contributed by atoms with van der Waals surface area (Å²) in [6.45, 7) is 0. The number of nitrogens with zero attached hydrogens (tertiary/aromatic N) is 2. The van der Waals surface area contributed by atoms with Gasteiger partial charge in [0.25, 0.3) is 0 Å². The van der Waals surface area contributed by atoms with Gasteiger partial charge in [0.2, 0.25) is 0 Å². The summed E-state index contributed by atoms with van der Waals surface area (Å²) in [7, 11) is 0. The van der Waals surface area contributed by atoms with Gasteiger partial charge >= 0.3 is 0 Å². The van der Waals surface area contributed by atoms with Crippen LogP contribution < -0.4 is 0 Å². The molecule has 0 saturated heterocycles. The first kappa shape index (κ1) is 8.30. The van der Waals surface area contributed by atoms with Gasteiger partial charge in [-0.25, -0.2) is 0 Å². The number of nitriles is 2. The SMILES string of the molecule is N#C/C=C1C=C/C(=C/C#N)CC/1. The molecule has 2 nitrogen and oxygen atoms in total. The van der Waals surface area contributed by atoms with E-state index in [1.807, 2.05) is 24.3 Å². The fourth-order valence-electron chi connectivity index (χ4n) is 1.08. The highest BCUT2D eigenvalue weighted by atomic mass is 14.2. The zero-order chi connectivity index (χ0) is 8.81. The third-order valence-corrected chi connectivity index (χ3v) is 1.71. The second-order valence-electron chi connectivity index (χ2n) is 2.53. The van der Waals surface area contributed by atoms with E-state index in [-0.39, 0.29) is 0 Å². The van der Waals surface area contributed by atoms with E-state index in [2.05, 4.69) is 0 Å². The van der Waals surface area contributed by atoms with Gasteiger partial charge in [0.15, 0.2) is 0 Å². The van der Waals surface area contributed by atoms with E-state index in [1.54, 1.807) is 12.2 Å². The number of hydrogen-bond donors (Lipinski definition) is 0. The van der Waals surface area contributed by atoms with Crippen molar-refractivity contribution in [1.82, 2.24) is 0 Å². The van der Waals surface area contributed by atoms with Gasteiger partial charge in [-0.2, -0.15) is 10.5 Å². The molecule has 0 spiro atoms. The summed E-state index contributed by atoms with van der Waals surface area (Å²) in [5.41, 5.74) is 2.07. The predicted molar refractivity (Wildman–Crippen MR) is 45.8 cm³/mol. The molecular formula is C10H8N2. The molecule has 0 aliphatic heterocycles. The predicted octanol–water partition coefficient (Wildman–Crippen LogP) is 2.24. The lowest BCUT2D eigenvalue weighted by Crippen LogP contribution is -1.89. The number of hydrogen-bond acceptors (Lipinski definition) is 2. The lowest BCUT2D eigenvalue weighted by atomic mass is 9.97. The highest BCUT2D eigenvalue weighted by Gasteiger charge is 2.02. The first-order valence-corrected chi connectivity index (χ1v) is 3.72. The minimum atomic E-state index is 0.859. The number of allylic oxidation sites excluding steroid dienone is 6. The van der Waals surface area contributed by atoms with Crippen molar-refractivity contribution in [1.29, 1.82) is 10.5 Å². The van der Waals surface area contributed by atoms with Crippen molar-refractivity contribution in [3.63, 3.8) is 0 Å². The Bertz CT molecular complexity index is 298. The molecule has 0 aromatic rings. The van der Waals surface area contributed by atoms with Crippen LogP contribution in [0.4, 0.5) is 0 Å². The van der Waals surface area contributed by atoms with Crippen molar-refractivity contribution < 1.29 is 0 Å². The summed E-state index contributed by atoms with van der Waals surface area (Å²) in [6, 6.07) is 3.97. The Hall–Kier alpha value is -1.80. The molecule has 0 heterocycles. The molecule has 0 unspecified atom stereocenters. The minimum absolute atomic E-state index is 0.859. The molecule has 0 bridgehead atoms. The van der Waals surface area contributed by atoms with Gasteiger partial charge in [-0.05, 0) is 24.0 Å². The molecule has 0 atom stereocenters. The van der Waals surface area contributed by atoms with Gasteiger partial charge < -0.3 is 0 Å². The zero-order valence-electron chi connectivity index (χ0n) is 6.62. The average Bonchev–Trinajstić information content (AvgIpc) is 2.09. The Kier molecular flexibility index (Phi) is 2.87. The van der Waals surface area contributed by atoms with Crippen LogP contribution in [0.15, 0.2) is 35.5 Å². The van der Waals surface area contributed by atoms with Crippen molar-refractivity contribution >= 4 is 0 Å². The smallest absolute Gasteiger partial charge is 0.0914 e. The van der Waals surface area contributed by atoms with Gasteiger partial charge in [-0.1, -0.05) is 12.2 Å². The molecule has 0 aromatic heterocycles. The normalized spacial score (nSPS) is 22.2. The quantitative estimate of drug-likeness (QED) is 0.505. The van der Waals surface area contributed by atoms with Gasteiger partial charge in [0.1, 0.15) is 0 Å². The topological polar surface area (TPSA) is 47.6 Å². The largest absolute Gasteiger partial charge is 0.193 e. The van der Waals surface area contributed by atoms with Crippen molar-refractivity contribution in [2.45, 2.75) is 12.8 Å². The Balaban J connectivity index is 2.75. The van der Waals surface area contributed by atoms with Crippen LogP contribution in [-0.2, 0) is 0 Å². The van der Waals surface area contributed by atoms with Crippen LogP contribution >= 0.6 is 0 Å². The van der Waals surface area contributed by atoms with E-state index in [9.17, 15) is 0 Å². The van der Waals surface area contributed by atoms with Crippen molar-refractivity contribution in [3.05, 3.63) is 35.5 Å². The van der Waals surface area contributed by atoms with Crippen molar-refractivity contribution in [2.75, 3.05) is 0 Å². The van der Waals surface area contributed by atoms with E-state index in [0.717, 1.165) is 24.0 Å². The number of rotatable bonds is 0. The highest BCUT2D eigenvalue weighted by Crippen LogP contribution is 2.19. The first-order chi connectivity index (χ1) is 5.86. The van der Waals surface area contributed by atoms with Crippen LogP contribution in [0.25, 0.3) is 0 Å². The molecular weight excluding hydrogens is 148 g/mol. The molecule has 0 N–H and O–H groups in total. The first-order valence-electron chi connectivity index (χ1n) is 3.72. The molecule has 0 fully saturated rings. The van der Waals surface area contributed by atoms with Crippen LogP contribution in [0.2, 0.25) is 0 Å². The van der Waals surface area contributed by atoms with Crippen LogP contribution in [0.5, 0.6) is 0 Å². The van der Waals surface area contributed by atoms with E-state index in [0.29, 0.717) is 0 Å². The molecule has 12 heavy (non-hydrogen) atoms. The van der Waals surface area contributed by atoms with Crippen LogP contribution in [0.1, 0.15) is 12.8 Å². The molecule has 1 aliphatic rings. The summed E-state index contributed by atoms with van der Waals surface area (Å²) >= 11 is 0. The zero-order valence-corrected chi connectivity index (χ0v) is 6.62. The van der Waals surface area contributed by atoms with Crippen LogP contribution in [0, 0.1) is 22.7 Å². The summed E-state index contributed by atoms with van der Waals surface area (Å²) in [6.07, 6.45) is 8.57. The average molecular weight is 156 g/mol. The summed E-state index contributed by atoms with van der Waals surface area (Å²) < 4.78 is 0. The van der Waals surface area contributed by atoms with Crippen molar-refractivity contribution in [2.24, 2.45) is 0 Å². The Morgan fingerprint density at radius 3 is 1.67 bits per heavy atom. The highest BCUT2D eigenvalue weighted by molar-refractivity contribution is 5.37. The second kappa shape index (κ2) is 4.16. The molecule has 1 aliphatic carbocycles. The lowest BCUT2D eigenvalue weighted by Gasteiger charge is -2.07.